The van der Waals surface area contributed by atoms with Crippen LogP contribution in [0.2, 0.25) is 0 Å². The van der Waals surface area contributed by atoms with Gasteiger partial charge in [0.05, 0.1) is 6.61 Å². The summed E-state index contributed by atoms with van der Waals surface area (Å²) in [5.41, 5.74) is 0. The third-order valence-corrected chi connectivity index (χ3v) is 4.16. The molecular weight excluding hydrogens is 254 g/mol. The van der Waals surface area contributed by atoms with Crippen molar-refractivity contribution >= 4 is 15.8 Å². The molecule has 0 spiro atoms. The minimum atomic E-state index is -3.50. The monoisotopic (exact) mass is 271 g/mol. The van der Waals surface area contributed by atoms with Crippen LogP contribution in [0, 0.1) is 0 Å². The minimum Gasteiger partial charge on any atom is -0.380 e. The van der Waals surface area contributed by atoms with Gasteiger partial charge in [-0.2, -0.15) is 0 Å². The van der Waals surface area contributed by atoms with Crippen LogP contribution in [-0.4, -0.2) is 39.2 Å². The van der Waals surface area contributed by atoms with Crippen molar-refractivity contribution < 1.29 is 13.2 Å². The first-order valence-electron chi connectivity index (χ1n) is 5.92. The average Bonchev–Trinajstić information content (AvgIpc) is 2.82. The molecule has 2 rings (SSSR count). The van der Waals surface area contributed by atoms with Gasteiger partial charge in [-0.05, 0) is 25.5 Å². The van der Waals surface area contributed by atoms with Crippen molar-refractivity contribution in [2.45, 2.75) is 24.3 Å². The quantitative estimate of drug-likeness (QED) is 0.819. The first-order chi connectivity index (χ1) is 8.62. The number of hydrogen-bond donors (Lipinski definition) is 2. The Labute approximate surface area is 107 Å². The largest absolute Gasteiger partial charge is 0.380 e. The summed E-state index contributed by atoms with van der Waals surface area (Å²) in [6.45, 7) is 3.73. The number of aromatic nitrogens is 1. The van der Waals surface area contributed by atoms with Gasteiger partial charge < -0.3 is 10.1 Å². The summed E-state index contributed by atoms with van der Waals surface area (Å²) in [5.74, 6) is 0.667. The standard InChI is InChI=1S/C11H17N3O3S/c1-2-12-11-4-3-10(7-13-11)18(15,16)14-9-5-6-17-8-9/h3-4,7,9,14H,2,5-6,8H2,1H3,(H,12,13). The molecule has 1 saturated heterocycles. The Morgan fingerprint density at radius 1 is 1.50 bits per heavy atom. The van der Waals surface area contributed by atoms with E-state index in [0.29, 0.717) is 25.5 Å². The molecular formula is C11H17N3O3S. The van der Waals surface area contributed by atoms with E-state index in [4.69, 9.17) is 4.74 Å². The molecule has 18 heavy (non-hydrogen) atoms. The van der Waals surface area contributed by atoms with Gasteiger partial charge in [-0.3, -0.25) is 0 Å². The molecule has 0 aliphatic carbocycles. The second kappa shape index (κ2) is 5.64. The van der Waals surface area contributed by atoms with Crippen LogP contribution < -0.4 is 10.0 Å². The third kappa shape index (κ3) is 3.18. The molecule has 1 aliphatic rings. The summed E-state index contributed by atoms with van der Waals surface area (Å²) in [4.78, 5) is 4.22. The predicted octanol–water partition coefficient (Wildman–Crippen LogP) is 0.581. The van der Waals surface area contributed by atoms with E-state index in [9.17, 15) is 8.42 Å². The van der Waals surface area contributed by atoms with E-state index < -0.39 is 10.0 Å². The van der Waals surface area contributed by atoms with Crippen LogP contribution in [0.1, 0.15) is 13.3 Å². The molecule has 2 N–H and O–H groups in total. The maximum absolute atomic E-state index is 12.0. The highest BCUT2D eigenvalue weighted by atomic mass is 32.2. The number of sulfonamides is 1. The molecule has 1 aromatic heterocycles. The minimum absolute atomic E-state index is 0.136. The number of hydrogen-bond acceptors (Lipinski definition) is 5. The Bertz CT molecular complexity index is 481. The van der Waals surface area contributed by atoms with Gasteiger partial charge in [0.25, 0.3) is 0 Å². The molecule has 100 valence electrons. The lowest BCUT2D eigenvalue weighted by atomic mass is 10.3. The Kier molecular flexibility index (Phi) is 4.15. The fraction of sp³-hybridized carbons (Fsp3) is 0.545. The highest BCUT2D eigenvalue weighted by molar-refractivity contribution is 7.89. The highest BCUT2D eigenvalue weighted by Crippen LogP contribution is 2.13. The number of ether oxygens (including phenoxy) is 1. The van der Waals surface area contributed by atoms with Gasteiger partial charge in [0.15, 0.2) is 0 Å². The molecule has 1 aromatic rings. The topological polar surface area (TPSA) is 80.3 Å². The van der Waals surface area contributed by atoms with Gasteiger partial charge in [0.1, 0.15) is 10.7 Å². The van der Waals surface area contributed by atoms with Crippen LogP contribution in [0.15, 0.2) is 23.2 Å². The first kappa shape index (κ1) is 13.3. The summed E-state index contributed by atoms with van der Waals surface area (Å²) in [5, 5.41) is 3.01. The number of nitrogens with zero attached hydrogens (tertiary/aromatic N) is 1. The van der Waals surface area contributed by atoms with E-state index in [2.05, 4.69) is 15.0 Å². The Morgan fingerprint density at radius 3 is 2.89 bits per heavy atom. The van der Waals surface area contributed by atoms with Gasteiger partial charge in [-0.25, -0.2) is 18.1 Å². The fourth-order valence-electron chi connectivity index (χ4n) is 1.74. The second-order valence-electron chi connectivity index (χ2n) is 4.09. The molecule has 0 saturated carbocycles. The van der Waals surface area contributed by atoms with E-state index in [1.807, 2.05) is 6.92 Å². The zero-order chi connectivity index (χ0) is 13.0. The molecule has 1 atom stereocenters. The molecule has 0 bridgehead atoms. The molecule has 1 aliphatic heterocycles. The van der Waals surface area contributed by atoms with Crippen molar-refractivity contribution in [2.24, 2.45) is 0 Å². The van der Waals surface area contributed by atoms with Gasteiger partial charge in [0, 0.05) is 25.4 Å². The molecule has 0 amide bonds. The normalized spacial score (nSPS) is 19.9. The van der Waals surface area contributed by atoms with Crippen molar-refractivity contribution in [3.63, 3.8) is 0 Å². The molecule has 2 heterocycles. The van der Waals surface area contributed by atoms with Crippen LogP contribution in [0.5, 0.6) is 0 Å². The molecule has 0 aromatic carbocycles. The summed E-state index contributed by atoms with van der Waals surface area (Å²) in [6, 6.07) is 3.07. The van der Waals surface area contributed by atoms with E-state index >= 15 is 0 Å². The summed E-state index contributed by atoms with van der Waals surface area (Å²) < 4.78 is 31.8. The Hall–Kier alpha value is -1.18. The number of pyridine rings is 1. The van der Waals surface area contributed by atoms with Crippen LogP contribution in [0.4, 0.5) is 5.82 Å². The molecule has 7 heteroatoms. The molecule has 1 fully saturated rings. The maximum Gasteiger partial charge on any atom is 0.242 e. The predicted molar refractivity (Wildman–Crippen MR) is 67.9 cm³/mol. The first-order valence-corrected chi connectivity index (χ1v) is 7.40. The van der Waals surface area contributed by atoms with Crippen LogP contribution in [0.3, 0.4) is 0 Å². The van der Waals surface area contributed by atoms with Gasteiger partial charge in [-0.1, -0.05) is 0 Å². The molecule has 6 nitrogen and oxygen atoms in total. The van der Waals surface area contributed by atoms with Gasteiger partial charge >= 0.3 is 0 Å². The molecule has 1 unspecified atom stereocenters. The second-order valence-corrected chi connectivity index (χ2v) is 5.81. The van der Waals surface area contributed by atoms with Crippen molar-refractivity contribution in [1.29, 1.82) is 0 Å². The zero-order valence-corrected chi connectivity index (χ0v) is 11.0. The van der Waals surface area contributed by atoms with E-state index in [-0.39, 0.29) is 10.9 Å². The van der Waals surface area contributed by atoms with E-state index in [1.54, 1.807) is 12.1 Å². The van der Waals surface area contributed by atoms with E-state index in [1.165, 1.54) is 6.20 Å². The van der Waals surface area contributed by atoms with Crippen molar-refractivity contribution in [3.05, 3.63) is 18.3 Å². The van der Waals surface area contributed by atoms with Crippen molar-refractivity contribution in [2.75, 3.05) is 25.1 Å². The van der Waals surface area contributed by atoms with Crippen molar-refractivity contribution in [1.82, 2.24) is 9.71 Å². The lowest BCUT2D eigenvalue weighted by Crippen LogP contribution is -2.35. The maximum atomic E-state index is 12.0. The number of rotatable bonds is 5. The Balaban J connectivity index is 2.08. The van der Waals surface area contributed by atoms with Gasteiger partial charge in [0.2, 0.25) is 10.0 Å². The summed E-state index contributed by atoms with van der Waals surface area (Å²) >= 11 is 0. The number of anilines is 1. The number of nitrogens with one attached hydrogen (secondary N) is 2. The van der Waals surface area contributed by atoms with Crippen LogP contribution >= 0.6 is 0 Å². The van der Waals surface area contributed by atoms with Gasteiger partial charge in [-0.15, -0.1) is 0 Å². The lowest BCUT2D eigenvalue weighted by Gasteiger charge is -2.11. The zero-order valence-electron chi connectivity index (χ0n) is 10.2. The Morgan fingerprint density at radius 2 is 2.33 bits per heavy atom. The average molecular weight is 271 g/mol. The third-order valence-electron chi connectivity index (χ3n) is 2.66. The highest BCUT2D eigenvalue weighted by Gasteiger charge is 2.23. The molecule has 0 radical (unpaired) electrons. The lowest BCUT2D eigenvalue weighted by molar-refractivity contribution is 0.192. The fourth-order valence-corrected chi connectivity index (χ4v) is 2.94. The summed E-state index contributed by atoms with van der Waals surface area (Å²) in [7, 11) is -3.50. The van der Waals surface area contributed by atoms with Crippen LogP contribution in [0.25, 0.3) is 0 Å². The van der Waals surface area contributed by atoms with Crippen molar-refractivity contribution in [3.8, 4) is 0 Å². The van der Waals surface area contributed by atoms with E-state index in [0.717, 1.165) is 6.54 Å². The van der Waals surface area contributed by atoms with Crippen LogP contribution in [-0.2, 0) is 14.8 Å². The summed E-state index contributed by atoms with van der Waals surface area (Å²) in [6.07, 6.45) is 2.07. The SMILES string of the molecule is CCNc1ccc(S(=O)(=O)NC2CCOC2)cn1. The smallest absolute Gasteiger partial charge is 0.242 e.